The summed E-state index contributed by atoms with van der Waals surface area (Å²) in [6, 6.07) is 0. The molecule has 386 valence electrons. The first-order valence-electron chi connectivity index (χ1n) is 29.4. The van der Waals surface area contributed by atoms with Crippen LogP contribution in [0.25, 0.3) is 0 Å². The van der Waals surface area contributed by atoms with Crippen LogP contribution < -0.4 is 0 Å². The summed E-state index contributed by atoms with van der Waals surface area (Å²) in [4.78, 5) is 38.1. The summed E-state index contributed by atoms with van der Waals surface area (Å²) in [5.74, 6) is 0.0615. The minimum Gasteiger partial charge on any atom is -0.462 e. The van der Waals surface area contributed by atoms with Gasteiger partial charge in [-0.3, -0.25) is 14.4 Å². The van der Waals surface area contributed by atoms with Gasteiger partial charge in [0.2, 0.25) is 0 Å². The van der Waals surface area contributed by atoms with Crippen LogP contribution in [0.15, 0.2) is 0 Å². The normalized spacial score (nSPS) is 12.4. The van der Waals surface area contributed by atoms with E-state index in [1.165, 1.54) is 231 Å². The van der Waals surface area contributed by atoms with E-state index < -0.39 is 6.10 Å². The number of hydrogen-bond donors (Lipinski definition) is 0. The third-order valence-electron chi connectivity index (χ3n) is 13.9. The third-order valence-corrected chi connectivity index (χ3v) is 13.9. The maximum Gasteiger partial charge on any atom is 0.306 e. The largest absolute Gasteiger partial charge is 0.462 e. The molecule has 0 spiro atoms. The van der Waals surface area contributed by atoms with E-state index in [9.17, 15) is 14.4 Å². The Morgan fingerprint density at radius 1 is 0.308 bits per heavy atom. The molecule has 0 saturated carbocycles. The van der Waals surface area contributed by atoms with E-state index in [1.54, 1.807) is 0 Å². The van der Waals surface area contributed by atoms with Crippen LogP contribution in [-0.2, 0) is 28.6 Å². The average molecular weight is 920 g/mol. The Kier molecular flexibility index (Phi) is 52.1. The molecule has 0 saturated heterocycles. The van der Waals surface area contributed by atoms with Crippen LogP contribution in [0, 0.1) is 5.92 Å². The number of unbranched alkanes of at least 4 members (excludes halogenated alkanes) is 40. The zero-order valence-corrected chi connectivity index (χ0v) is 44.5. The Morgan fingerprint density at radius 2 is 0.538 bits per heavy atom. The molecule has 0 rings (SSSR count). The Balaban J connectivity index is 4.27. The fraction of sp³-hybridized carbons (Fsp3) is 0.949. The quantitative estimate of drug-likeness (QED) is 0.0344. The highest BCUT2D eigenvalue weighted by Gasteiger charge is 2.19. The first-order valence-corrected chi connectivity index (χ1v) is 29.4. The molecule has 0 aliphatic heterocycles. The topological polar surface area (TPSA) is 78.9 Å². The van der Waals surface area contributed by atoms with Crippen molar-refractivity contribution in [3.8, 4) is 0 Å². The second kappa shape index (κ2) is 53.4. The van der Waals surface area contributed by atoms with Crippen molar-refractivity contribution in [3.63, 3.8) is 0 Å². The van der Waals surface area contributed by atoms with Crippen LogP contribution in [0.4, 0.5) is 0 Å². The number of ether oxygens (including phenoxy) is 3. The van der Waals surface area contributed by atoms with Gasteiger partial charge in [0, 0.05) is 19.3 Å². The van der Waals surface area contributed by atoms with Crippen LogP contribution in [0.1, 0.15) is 336 Å². The van der Waals surface area contributed by atoms with Crippen molar-refractivity contribution in [1.29, 1.82) is 0 Å². The molecule has 0 heterocycles. The molecule has 6 nitrogen and oxygen atoms in total. The number of hydrogen-bond acceptors (Lipinski definition) is 6. The van der Waals surface area contributed by atoms with Gasteiger partial charge in [-0.2, -0.15) is 0 Å². The molecular weight excluding hydrogens is 805 g/mol. The highest BCUT2D eigenvalue weighted by molar-refractivity contribution is 5.71. The molecule has 0 fully saturated rings. The smallest absolute Gasteiger partial charge is 0.306 e. The summed E-state index contributed by atoms with van der Waals surface area (Å²) < 4.78 is 16.9. The van der Waals surface area contributed by atoms with Crippen molar-refractivity contribution in [2.24, 2.45) is 5.92 Å². The molecule has 0 aromatic rings. The molecule has 0 aliphatic carbocycles. The fourth-order valence-corrected chi connectivity index (χ4v) is 9.07. The zero-order chi connectivity index (χ0) is 47.4. The van der Waals surface area contributed by atoms with Gasteiger partial charge in [0.25, 0.3) is 0 Å². The lowest BCUT2D eigenvalue weighted by molar-refractivity contribution is -0.167. The van der Waals surface area contributed by atoms with Crippen LogP contribution in [0.5, 0.6) is 0 Å². The van der Waals surface area contributed by atoms with Gasteiger partial charge in [-0.15, -0.1) is 0 Å². The Hall–Kier alpha value is -1.59. The summed E-state index contributed by atoms with van der Waals surface area (Å²) in [6.45, 7) is 9.10. The van der Waals surface area contributed by atoms with Gasteiger partial charge in [0.15, 0.2) is 6.10 Å². The maximum absolute atomic E-state index is 12.9. The van der Waals surface area contributed by atoms with Gasteiger partial charge in [-0.05, 0) is 25.2 Å². The summed E-state index contributed by atoms with van der Waals surface area (Å²) in [5.41, 5.74) is 0. The fourth-order valence-electron chi connectivity index (χ4n) is 9.07. The first kappa shape index (κ1) is 63.4. The van der Waals surface area contributed by atoms with Gasteiger partial charge >= 0.3 is 17.9 Å². The van der Waals surface area contributed by atoms with E-state index in [0.717, 1.165) is 63.7 Å². The van der Waals surface area contributed by atoms with Gasteiger partial charge in [-0.25, -0.2) is 0 Å². The van der Waals surface area contributed by atoms with Gasteiger partial charge in [0.05, 0.1) is 0 Å². The predicted octanol–water partition coefficient (Wildman–Crippen LogP) is 19.4. The molecule has 0 amide bonds. The van der Waals surface area contributed by atoms with Gasteiger partial charge in [-0.1, -0.05) is 297 Å². The Labute approximate surface area is 406 Å². The molecular formula is C59H114O6. The Bertz CT molecular complexity index is 982. The van der Waals surface area contributed by atoms with Crippen LogP contribution in [-0.4, -0.2) is 37.2 Å². The van der Waals surface area contributed by atoms with Gasteiger partial charge < -0.3 is 14.2 Å². The second-order valence-electron chi connectivity index (χ2n) is 20.5. The van der Waals surface area contributed by atoms with Gasteiger partial charge in [0.1, 0.15) is 13.2 Å². The van der Waals surface area contributed by atoms with Crippen molar-refractivity contribution in [1.82, 2.24) is 0 Å². The van der Waals surface area contributed by atoms with Crippen LogP contribution >= 0.6 is 0 Å². The molecule has 0 N–H and O–H groups in total. The van der Waals surface area contributed by atoms with E-state index in [0.29, 0.717) is 19.3 Å². The minimum atomic E-state index is -0.761. The van der Waals surface area contributed by atoms with Crippen LogP contribution in [0.3, 0.4) is 0 Å². The lowest BCUT2D eigenvalue weighted by Gasteiger charge is -2.18. The van der Waals surface area contributed by atoms with E-state index >= 15 is 0 Å². The standard InChI is InChI=1S/C59H114O6/c1-5-8-10-12-14-16-18-20-21-22-23-28-32-36-40-44-48-52-59(62)65-56(53-63-57(60)50-46-42-38-34-30-19-17-15-13-11-9-6-2)54-64-58(61)51-47-43-39-35-31-27-25-24-26-29-33-37-41-45-49-55(4)7-3/h55-56H,5-54H2,1-4H3/t55?,56-/m0/s1. The highest BCUT2D eigenvalue weighted by atomic mass is 16.6. The van der Waals surface area contributed by atoms with E-state index in [4.69, 9.17) is 14.2 Å². The lowest BCUT2D eigenvalue weighted by Crippen LogP contribution is -2.30. The molecule has 0 aliphatic rings. The average Bonchev–Trinajstić information content (AvgIpc) is 3.30. The molecule has 0 aromatic carbocycles. The maximum atomic E-state index is 12.9. The molecule has 0 radical (unpaired) electrons. The molecule has 2 atom stereocenters. The Morgan fingerprint density at radius 3 is 0.800 bits per heavy atom. The van der Waals surface area contributed by atoms with Crippen molar-refractivity contribution in [3.05, 3.63) is 0 Å². The SMILES string of the molecule is CCCCCCCCCCCCCCCCCCCC(=O)O[C@@H](COC(=O)CCCCCCCCCCCCCC)COC(=O)CCCCCCCCCCCCCCCCC(C)CC. The molecule has 6 heteroatoms. The molecule has 0 bridgehead atoms. The summed E-state index contributed by atoms with van der Waals surface area (Å²) in [5, 5.41) is 0. The second-order valence-corrected chi connectivity index (χ2v) is 20.5. The minimum absolute atomic E-state index is 0.0618. The van der Waals surface area contributed by atoms with Crippen molar-refractivity contribution < 1.29 is 28.6 Å². The van der Waals surface area contributed by atoms with E-state index in [1.807, 2.05) is 0 Å². The van der Waals surface area contributed by atoms with Crippen molar-refractivity contribution in [2.45, 2.75) is 342 Å². The number of esters is 3. The number of carbonyl (C=O) groups is 3. The van der Waals surface area contributed by atoms with E-state index in [2.05, 4.69) is 27.7 Å². The monoisotopic (exact) mass is 919 g/mol. The van der Waals surface area contributed by atoms with Crippen molar-refractivity contribution in [2.75, 3.05) is 13.2 Å². The molecule has 1 unspecified atom stereocenters. The summed E-state index contributed by atoms with van der Waals surface area (Å²) in [6.07, 6.45) is 58.0. The highest BCUT2D eigenvalue weighted by Crippen LogP contribution is 2.18. The van der Waals surface area contributed by atoms with E-state index in [-0.39, 0.29) is 31.1 Å². The third kappa shape index (κ3) is 51.6. The number of carbonyl (C=O) groups excluding carboxylic acids is 3. The molecule has 65 heavy (non-hydrogen) atoms. The predicted molar refractivity (Wildman–Crippen MR) is 280 cm³/mol. The van der Waals surface area contributed by atoms with Crippen LogP contribution in [0.2, 0.25) is 0 Å². The zero-order valence-electron chi connectivity index (χ0n) is 44.5. The van der Waals surface area contributed by atoms with Crippen molar-refractivity contribution >= 4 is 17.9 Å². The molecule has 0 aromatic heterocycles. The lowest BCUT2D eigenvalue weighted by atomic mass is 9.99. The number of rotatable bonds is 54. The first-order chi connectivity index (χ1) is 31.9. The summed E-state index contributed by atoms with van der Waals surface area (Å²) in [7, 11) is 0. The summed E-state index contributed by atoms with van der Waals surface area (Å²) >= 11 is 0.